The van der Waals surface area contributed by atoms with Crippen LogP contribution in [0, 0.1) is 0 Å². The first-order chi connectivity index (χ1) is 8.70. The molecule has 0 aliphatic heterocycles. The fourth-order valence-corrected chi connectivity index (χ4v) is 1.41. The third-order valence-corrected chi connectivity index (χ3v) is 2.42. The highest BCUT2D eigenvalue weighted by Gasteiger charge is 2.25. The van der Waals surface area contributed by atoms with Crippen LogP contribution in [-0.2, 0) is 14.3 Å². The van der Waals surface area contributed by atoms with E-state index in [1.54, 1.807) is 53.1 Å². The van der Waals surface area contributed by atoms with Crippen molar-refractivity contribution in [1.82, 2.24) is 15.1 Å². The third kappa shape index (κ3) is 4.73. The zero-order valence-electron chi connectivity index (χ0n) is 12.0. The second-order valence-corrected chi connectivity index (χ2v) is 5.43. The minimum absolute atomic E-state index is 0.276. The van der Waals surface area contributed by atoms with Crippen molar-refractivity contribution >= 4 is 11.9 Å². The molecule has 0 fully saturated rings. The van der Waals surface area contributed by atoms with Gasteiger partial charge in [0.15, 0.2) is 0 Å². The first-order valence-corrected chi connectivity index (χ1v) is 6.23. The van der Waals surface area contributed by atoms with Crippen LogP contribution in [0.2, 0.25) is 0 Å². The number of aromatic nitrogens is 2. The van der Waals surface area contributed by atoms with Crippen molar-refractivity contribution in [2.24, 2.45) is 0 Å². The monoisotopic (exact) mass is 267 g/mol. The van der Waals surface area contributed by atoms with Crippen molar-refractivity contribution in [3.63, 3.8) is 0 Å². The smallest absolute Gasteiger partial charge is 0.328 e. The number of rotatable bonds is 4. The van der Waals surface area contributed by atoms with E-state index in [9.17, 15) is 9.59 Å². The van der Waals surface area contributed by atoms with Gasteiger partial charge in [0, 0.05) is 12.4 Å². The summed E-state index contributed by atoms with van der Waals surface area (Å²) in [5.41, 5.74) is -0.566. The van der Waals surface area contributed by atoms with Gasteiger partial charge in [-0.25, -0.2) is 4.79 Å². The van der Waals surface area contributed by atoms with E-state index in [-0.39, 0.29) is 5.91 Å². The molecule has 1 heterocycles. The number of ether oxygens (including phenoxy) is 1. The largest absolute Gasteiger partial charge is 0.458 e. The van der Waals surface area contributed by atoms with E-state index in [1.165, 1.54) is 4.68 Å². The molecule has 6 nitrogen and oxygen atoms in total. The predicted octanol–water partition coefficient (Wildman–Crippen LogP) is 1.29. The Hall–Kier alpha value is -1.85. The molecule has 2 atom stereocenters. The number of esters is 1. The maximum absolute atomic E-state index is 11.9. The molecular weight excluding hydrogens is 246 g/mol. The molecule has 1 aromatic rings. The van der Waals surface area contributed by atoms with E-state index in [1.807, 2.05) is 0 Å². The van der Waals surface area contributed by atoms with Gasteiger partial charge in [-0.2, -0.15) is 5.10 Å². The predicted molar refractivity (Wildman–Crippen MR) is 70.4 cm³/mol. The van der Waals surface area contributed by atoms with Crippen LogP contribution < -0.4 is 5.32 Å². The summed E-state index contributed by atoms with van der Waals surface area (Å²) in [6.07, 6.45) is 3.30. The van der Waals surface area contributed by atoms with Crippen LogP contribution in [0.4, 0.5) is 0 Å². The summed E-state index contributed by atoms with van der Waals surface area (Å²) >= 11 is 0. The normalized spacial score (nSPS) is 14.6. The molecule has 0 saturated carbocycles. The van der Waals surface area contributed by atoms with Crippen molar-refractivity contribution in [2.75, 3.05) is 0 Å². The molecular formula is C13H21N3O3. The molecule has 0 bridgehead atoms. The van der Waals surface area contributed by atoms with Crippen LogP contribution in [0.1, 0.15) is 40.7 Å². The van der Waals surface area contributed by atoms with Gasteiger partial charge < -0.3 is 10.1 Å². The standard InChI is InChI=1S/C13H21N3O3/c1-9(12(18)19-13(3,4)5)15-11(17)10(2)16-8-6-7-14-16/h6-10H,1-5H3,(H,15,17)/t9-,10?/m1/s1. The highest BCUT2D eigenvalue weighted by molar-refractivity contribution is 5.86. The number of carbonyl (C=O) groups excluding carboxylic acids is 2. The first kappa shape index (κ1) is 15.2. The Morgan fingerprint density at radius 1 is 1.32 bits per heavy atom. The maximum Gasteiger partial charge on any atom is 0.328 e. The number of nitrogens with one attached hydrogen (secondary N) is 1. The average Bonchev–Trinajstić information content (AvgIpc) is 2.78. The molecule has 1 amide bonds. The van der Waals surface area contributed by atoms with Crippen LogP contribution in [0.15, 0.2) is 18.5 Å². The van der Waals surface area contributed by atoms with Crippen molar-refractivity contribution in [3.05, 3.63) is 18.5 Å². The van der Waals surface area contributed by atoms with Gasteiger partial charge in [-0.05, 0) is 40.7 Å². The van der Waals surface area contributed by atoms with Gasteiger partial charge in [-0.3, -0.25) is 9.48 Å². The molecule has 0 aliphatic rings. The summed E-state index contributed by atoms with van der Waals surface area (Å²) < 4.78 is 6.72. The van der Waals surface area contributed by atoms with Crippen molar-refractivity contribution < 1.29 is 14.3 Å². The van der Waals surface area contributed by atoms with Crippen molar-refractivity contribution in [2.45, 2.75) is 52.3 Å². The molecule has 0 spiro atoms. The van der Waals surface area contributed by atoms with E-state index in [0.29, 0.717) is 0 Å². The molecule has 6 heteroatoms. The molecule has 19 heavy (non-hydrogen) atoms. The Balaban J connectivity index is 2.55. The average molecular weight is 267 g/mol. The Morgan fingerprint density at radius 3 is 2.42 bits per heavy atom. The fourth-order valence-electron chi connectivity index (χ4n) is 1.41. The second-order valence-electron chi connectivity index (χ2n) is 5.43. The topological polar surface area (TPSA) is 73.2 Å². The quantitative estimate of drug-likeness (QED) is 0.834. The Morgan fingerprint density at radius 2 is 1.95 bits per heavy atom. The third-order valence-electron chi connectivity index (χ3n) is 2.42. The number of amides is 1. The summed E-state index contributed by atoms with van der Waals surface area (Å²) in [5.74, 6) is -0.726. The van der Waals surface area contributed by atoms with Crippen LogP contribution in [0.25, 0.3) is 0 Å². The van der Waals surface area contributed by atoms with E-state index < -0.39 is 23.7 Å². The Bertz CT molecular complexity index is 434. The molecule has 106 valence electrons. The lowest BCUT2D eigenvalue weighted by Crippen LogP contribution is -2.44. The molecule has 0 aromatic carbocycles. The summed E-state index contributed by atoms with van der Waals surface area (Å²) in [5, 5.41) is 6.60. The van der Waals surface area contributed by atoms with Gasteiger partial charge in [-0.1, -0.05) is 0 Å². The minimum Gasteiger partial charge on any atom is -0.458 e. The lowest BCUT2D eigenvalue weighted by atomic mass is 10.2. The van der Waals surface area contributed by atoms with Crippen molar-refractivity contribution in [3.8, 4) is 0 Å². The number of carbonyl (C=O) groups is 2. The number of nitrogens with zero attached hydrogens (tertiary/aromatic N) is 2. The fraction of sp³-hybridized carbons (Fsp3) is 0.615. The van der Waals surface area contributed by atoms with Crippen LogP contribution in [0.5, 0.6) is 0 Å². The Kier molecular flexibility index (Phi) is 4.69. The molecule has 1 rings (SSSR count). The first-order valence-electron chi connectivity index (χ1n) is 6.23. The molecule has 1 N–H and O–H groups in total. The maximum atomic E-state index is 11.9. The SMILES string of the molecule is CC(C(=O)N[C@H](C)C(=O)OC(C)(C)C)n1cccn1. The van der Waals surface area contributed by atoms with E-state index in [4.69, 9.17) is 4.74 Å². The molecule has 0 radical (unpaired) electrons. The van der Waals surface area contributed by atoms with Crippen LogP contribution in [-0.4, -0.2) is 33.3 Å². The van der Waals surface area contributed by atoms with Gasteiger partial charge in [-0.15, -0.1) is 0 Å². The molecule has 1 aromatic heterocycles. The molecule has 0 aliphatic carbocycles. The van der Waals surface area contributed by atoms with Gasteiger partial charge in [0.1, 0.15) is 17.7 Å². The minimum atomic E-state index is -0.690. The molecule has 0 saturated heterocycles. The molecule has 1 unspecified atom stereocenters. The van der Waals surface area contributed by atoms with Gasteiger partial charge >= 0.3 is 5.97 Å². The lowest BCUT2D eigenvalue weighted by molar-refractivity contribution is -0.158. The van der Waals surface area contributed by atoms with E-state index in [0.717, 1.165) is 0 Å². The number of hydrogen-bond donors (Lipinski definition) is 1. The highest BCUT2D eigenvalue weighted by Crippen LogP contribution is 2.09. The van der Waals surface area contributed by atoms with Crippen molar-refractivity contribution in [1.29, 1.82) is 0 Å². The van der Waals surface area contributed by atoms with Crippen LogP contribution >= 0.6 is 0 Å². The Labute approximate surface area is 113 Å². The summed E-state index contributed by atoms with van der Waals surface area (Å²) in [4.78, 5) is 23.7. The highest BCUT2D eigenvalue weighted by atomic mass is 16.6. The number of hydrogen-bond acceptors (Lipinski definition) is 4. The van der Waals surface area contributed by atoms with Gasteiger partial charge in [0.2, 0.25) is 5.91 Å². The summed E-state index contributed by atoms with van der Waals surface area (Å²) in [6, 6.07) is 0.575. The van der Waals surface area contributed by atoms with Gasteiger partial charge in [0.25, 0.3) is 0 Å². The second kappa shape index (κ2) is 5.86. The van der Waals surface area contributed by atoms with E-state index in [2.05, 4.69) is 10.4 Å². The van der Waals surface area contributed by atoms with Gasteiger partial charge in [0.05, 0.1) is 0 Å². The zero-order chi connectivity index (χ0) is 14.6. The van der Waals surface area contributed by atoms with Crippen LogP contribution in [0.3, 0.4) is 0 Å². The zero-order valence-corrected chi connectivity index (χ0v) is 12.0. The van der Waals surface area contributed by atoms with E-state index >= 15 is 0 Å². The summed E-state index contributed by atoms with van der Waals surface area (Å²) in [7, 11) is 0. The lowest BCUT2D eigenvalue weighted by Gasteiger charge is -2.23. The summed E-state index contributed by atoms with van der Waals surface area (Å²) in [6.45, 7) is 8.66.